The minimum Gasteiger partial charge on any atom is -0.493 e. The van der Waals surface area contributed by atoms with Crippen LogP contribution in [0.1, 0.15) is 35.6 Å². The van der Waals surface area contributed by atoms with E-state index in [-0.39, 0.29) is 5.91 Å². The van der Waals surface area contributed by atoms with E-state index in [1.807, 2.05) is 43.3 Å². The largest absolute Gasteiger partial charge is 0.493 e. The molecule has 0 spiro atoms. The van der Waals surface area contributed by atoms with Crippen molar-refractivity contribution in [3.05, 3.63) is 58.7 Å². The summed E-state index contributed by atoms with van der Waals surface area (Å²) in [6.45, 7) is 8.61. The van der Waals surface area contributed by atoms with Gasteiger partial charge in [0.1, 0.15) is 5.75 Å². The number of rotatable bonds is 6. The van der Waals surface area contributed by atoms with Gasteiger partial charge in [-0.1, -0.05) is 31.2 Å². The van der Waals surface area contributed by atoms with Crippen LogP contribution in [0.3, 0.4) is 0 Å². The molecule has 2 rings (SSSR count). The summed E-state index contributed by atoms with van der Waals surface area (Å²) in [5.41, 5.74) is 5.62. The number of nitrogens with one attached hydrogen (secondary N) is 1. The molecule has 0 aliphatic carbocycles. The van der Waals surface area contributed by atoms with Crippen molar-refractivity contribution in [1.29, 1.82) is 0 Å². The Morgan fingerprint density at radius 2 is 1.83 bits per heavy atom. The molecule has 0 fully saturated rings. The predicted molar refractivity (Wildman–Crippen MR) is 95.2 cm³/mol. The van der Waals surface area contributed by atoms with Crippen molar-refractivity contribution in [2.24, 2.45) is 0 Å². The van der Waals surface area contributed by atoms with Crippen LogP contribution >= 0.6 is 0 Å². The Kier molecular flexibility index (Phi) is 5.80. The maximum Gasteiger partial charge on any atom is 0.227 e. The quantitative estimate of drug-likeness (QED) is 0.848. The zero-order chi connectivity index (χ0) is 16.8. The molecule has 0 radical (unpaired) electrons. The van der Waals surface area contributed by atoms with E-state index in [0.717, 1.165) is 29.0 Å². The van der Waals surface area contributed by atoms with Gasteiger partial charge in [-0.25, -0.2) is 0 Å². The first-order valence-corrected chi connectivity index (χ1v) is 8.09. The van der Waals surface area contributed by atoms with Crippen LogP contribution in [-0.2, 0) is 11.2 Å². The van der Waals surface area contributed by atoms with E-state index in [1.54, 1.807) is 0 Å². The highest BCUT2D eigenvalue weighted by molar-refractivity contribution is 5.92. The lowest BCUT2D eigenvalue weighted by Crippen LogP contribution is -2.17. The van der Waals surface area contributed by atoms with E-state index in [0.29, 0.717) is 13.0 Å². The average Bonchev–Trinajstić information content (AvgIpc) is 2.53. The fraction of sp³-hybridized carbons (Fsp3) is 0.350. The lowest BCUT2D eigenvalue weighted by atomic mass is 10.1. The van der Waals surface area contributed by atoms with E-state index in [9.17, 15) is 4.79 Å². The maximum absolute atomic E-state index is 12.2. The molecule has 2 aromatic rings. The van der Waals surface area contributed by atoms with Gasteiger partial charge in [0.25, 0.3) is 0 Å². The monoisotopic (exact) mass is 311 g/mol. The van der Waals surface area contributed by atoms with Gasteiger partial charge < -0.3 is 10.1 Å². The number of hydrogen-bond acceptors (Lipinski definition) is 2. The smallest absolute Gasteiger partial charge is 0.227 e. The first kappa shape index (κ1) is 17.1. The Morgan fingerprint density at radius 3 is 2.52 bits per heavy atom. The van der Waals surface area contributed by atoms with Gasteiger partial charge in [-0.2, -0.15) is 0 Å². The van der Waals surface area contributed by atoms with Crippen LogP contribution in [-0.4, -0.2) is 12.5 Å². The zero-order valence-corrected chi connectivity index (χ0v) is 14.4. The minimum atomic E-state index is -0.0159. The maximum atomic E-state index is 12.2. The number of carbonyl (C=O) groups excluding carboxylic acids is 1. The van der Waals surface area contributed by atoms with Gasteiger partial charge in [-0.05, 0) is 61.6 Å². The van der Waals surface area contributed by atoms with E-state index >= 15 is 0 Å². The van der Waals surface area contributed by atoms with Gasteiger partial charge in [0.05, 0.1) is 13.0 Å². The number of benzene rings is 2. The third-order valence-electron chi connectivity index (χ3n) is 4.08. The number of para-hydroxylation sites is 1. The summed E-state index contributed by atoms with van der Waals surface area (Å²) in [7, 11) is 0. The molecule has 0 aromatic heterocycles. The minimum absolute atomic E-state index is 0.0159. The molecule has 122 valence electrons. The molecule has 0 aliphatic heterocycles. The third kappa shape index (κ3) is 4.59. The molecule has 0 heterocycles. The SMILES string of the molecule is CCc1cccc(C)c1NC(=O)CCOc1ccc(C)c(C)c1. The number of anilines is 1. The van der Waals surface area contributed by atoms with Crippen molar-refractivity contribution in [2.75, 3.05) is 11.9 Å². The molecule has 23 heavy (non-hydrogen) atoms. The van der Waals surface area contributed by atoms with E-state index in [2.05, 4.69) is 26.1 Å². The Hall–Kier alpha value is -2.29. The van der Waals surface area contributed by atoms with Crippen molar-refractivity contribution in [3.8, 4) is 5.75 Å². The topological polar surface area (TPSA) is 38.3 Å². The fourth-order valence-corrected chi connectivity index (χ4v) is 2.47. The summed E-state index contributed by atoms with van der Waals surface area (Å²) in [6, 6.07) is 12.1. The second kappa shape index (κ2) is 7.82. The molecule has 0 saturated heterocycles. The first-order valence-electron chi connectivity index (χ1n) is 8.09. The van der Waals surface area contributed by atoms with Crippen molar-refractivity contribution in [2.45, 2.75) is 40.5 Å². The number of aryl methyl sites for hydroxylation is 4. The van der Waals surface area contributed by atoms with Gasteiger partial charge in [0, 0.05) is 5.69 Å². The van der Waals surface area contributed by atoms with Gasteiger partial charge in [-0.3, -0.25) is 4.79 Å². The molecular formula is C20H25NO2. The molecule has 1 N–H and O–H groups in total. The predicted octanol–water partition coefficient (Wildman–Crippen LogP) is 4.58. The average molecular weight is 311 g/mol. The van der Waals surface area contributed by atoms with Crippen LogP contribution in [0.2, 0.25) is 0 Å². The van der Waals surface area contributed by atoms with Crippen LogP contribution in [0, 0.1) is 20.8 Å². The summed E-state index contributed by atoms with van der Waals surface area (Å²) in [5.74, 6) is 0.795. The highest BCUT2D eigenvalue weighted by atomic mass is 16.5. The summed E-state index contributed by atoms with van der Waals surface area (Å²) in [5, 5.41) is 3.02. The number of amides is 1. The van der Waals surface area contributed by atoms with Crippen LogP contribution in [0.4, 0.5) is 5.69 Å². The molecule has 3 heteroatoms. The molecule has 0 unspecified atom stereocenters. The lowest BCUT2D eigenvalue weighted by Gasteiger charge is -2.13. The lowest BCUT2D eigenvalue weighted by molar-refractivity contribution is -0.116. The Bertz CT molecular complexity index is 692. The molecule has 1 amide bonds. The van der Waals surface area contributed by atoms with Crippen molar-refractivity contribution in [3.63, 3.8) is 0 Å². The Balaban J connectivity index is 1.89. The molecule has 3 nitrogen and oxygen atoms in total. The highest BCUT2D eigenvalue weighted by Crippen LogP contribution is 2.21. The summed E-state index contributed by atoms with van der Waals surface area (Å²) in [4.78, 5) is 12.2. The summed E-state index contributed by atoms with van der Waals surface area (Å²) in [6.07, 6.45) is 1.24. The van der Waals surface area contributed by atoms with Crippen LogP contribution in [0.25, 0.3) is 0 Å². The van der Waals surface area contributed by atoms with Gasteiger partial charge >= 0.3 is 0 Å². The van der Waals surface area contributed by atoms with E-state index < -0.39 is 0 Å². The molecule has 0 bridgehead atoms. The van der Waals surface area contributed by atoms with Crippen LogP contribution in [0.15, 0.2) is 36.4 Å². The molecule has 0 atom stereocenters. The molecule has 0 saturated carbocycles. The summed E-state index contributed by atoms with van der Waals surface area (Å²) < 4.78 is 5.68. The van der Waals surface area contributed by atoms with E-state index in [1.165, 1.54) is 11.1 Å². The van der Waals surface area contributed by atoms with Crippen LogP contribution < -0.4 is 10.1 Å². The van der Waals surface area contributed by atoms with Crippen LogP contribution in [0.5, 0.6) is 5.75 Å². The number of carbonyl (C=O) groups is 1. The molecule has 0 aliphatic rings. The zero-order valence-electron chi connectivity index (χ0n) is 14.4. The standard InChI is InChI=1S/C20H25NO2/c1-5-17-8-6-7-15(3)20(17)21-19(22)11-12-23-18-10-9-14(2)16(4)13-18/h6-10,13H,5,11-12H2,1-4H3,(H,21,22). The molecule has 2 aromatic carbocycles. The highest BCUT2D eigenvalue weighted by Gasteiger charge is 2.09. The Morgan fingerprint density at radius 1 is 1.04 bits per heavy atom. The van der Waals surface area contributed by atoms with Gasteiger partial charge in [0.2, 0.25) is 5.91 Å². The normalized spacial score (nSPS) is 10.4. The third-order valence-corrected chi connectivity index (χ3v) is 4.08. The Labute approximate surface area is 138 Å². The second-order valence-corrected chi connectivity index (χ2v) is 5.86. The number of hydrogen-bond donors (Lipinski definition) is 1. The molecular weight excluding hydrogens is 286 g/mol. The van der Waals surface area contributed by atoms with Gasteiger partial charge in [0.15, 0.2) is 0 Å². The second-order valence-electron chi connectivity index (χ2n) is 5.86. The van der Waals surface area contributed by atoms with E-state index in [4.69, 9.17) is 4.74 Å². The first-order chi connectivity index (χ1) is 11.0. The number of ether oxygens (including phenoxy) is 1. The summed E-state index contributed by atoms with van der Waals surface area (Å²) >= 11 is 0. The van der Waals surface area contributed by atoms with Crippen molar-refractivity contribution < 1.29 is 9.53 Å². The van der Waals surface area contributed by atoms with Crippen molar-refractivity contribution >= 4 is 11.6 Å². The van der Waals surface area contributed by atoms with Gasteiger partial charge in [-0.15, -0.1) is 0 Å². The fourth-order valence-electron chi connectivity index (χ4n) is 2.47. The van der Waals surface area contributed by atoms with Crippen molar-refractivity contribution in [1.82, 2.24) is 0 Å².